The number of halogens is 2. The van der Waals surface area contributed by atoms with E-state index in [-0.39, 0.29) is 16.1 Å². The van der Waals surface area contributed by atoms with Gasteiger partial charge in [-0.05, 0) is 42.0 Å². The highest BCUT2D eigenvalue weighted by molar-refractivity contribution is 7.15. The predicted octanol–water partition coefficient (Wildman–Crippen LogP) is 3.67. The van der Waals surface area contributed by atoms with E-state index >= 15 is 0 Å². The van der Waals surface area contributed by atoms with Gasteiger partial charge in [0, 0.05) is 5.56 Å². The summed E-state index contributed by atoms with van der Waals surface area (Å²) in [7, 11) is 1.61. The quantitative estimate of drug-likeness (QED) is 0.512. The Morgan fingerprint density at radius 3 is 2.64 bits per heavy atom. The zero-order valence-corrected chi connectivity index (χ0v) is 16.2. The molecule has 0 atom stereocenters. The van der Waals surface area contributed by atoms with Crippen LogP contribution >= 0.6 is 22.9 Å². The topological polar surface area (TPSA) is 56.5 Å². The molecule has 0 spiro atoms. The molecule has 0 aliphatic rings. The van der Waals surface area contributed by atoms with E-state index in [1.54, 1.807) is 19.3 Å². The van der Waals surface area contributed by atoms with Crippen LogP contribution in [-0.2, 0) is 0 Å². The van der Waals surface area contributed by atoms with Crippen LogP contribution in [0.15, 0.2) is 47.3 Å². The highest BCUT2D eigenvalue weighted by atomic mass is 35.5. The van der Waals surface area contributed by atoms with Crippen LogP contribution in [0.25, 0.3) is 23.2 Å². The lowest BCUT2D eigenvalue weighted by molar-refractivity contribution is 0.415. The van der Waals surface area contributed by atoms with Gasteiger partial charge in [0.2, 0.25) is 4.96 Å². The first-order valence-corrected chi connectivity index (χ1v) is 9.42. The van der Waals surface area contributed by atoms with Crippen molar-refractivity contribution in [3.8, 4) is 5.75 Å². The monoisotopic (exact) mass is 413 g/mol. The van der Waals surface area contributed by atoms with Crippen LogP contribution in [0.2, 0.25) is 5.02 Å². The summed E-state index contributed by atoms with van der Waals surface area (Å²) in [5, 5.41) is 4.45. The zero-order valence-electron chi connectivity index (χ0n) is 14.6. The SMILES string of the molecule is COc1ccc(C=Cc2nc3sc(=Cc4c(F)cccc4Cl)c(=O)n3n2)cc1. The van der Waals surface area contributed by atoms with Crippen molar-refractivity contribution in [3.63, 3.8) is 0 Å². The van der Waals surface area contributed by atoms with E-state index in [9.17, 15) is 9.18 Å². The van der Waals surface area contributed by atoms with Gasteiger partial charge in [-0.2, -0.15) is 9.50 Å². The first-order valence-electron chi connectivity index (χ1n) is 8.22. The van der Waals surface area contributed by atoms with E-state index in [1.807, 2.05) is 30.3 Å². The average Bonchev–Trinajstić information content (AvgIpc) is 3.22. The van der Waals surface area contributed by atoms with E-state index in [0.29, 0.717) is 15.3 Å². The zero-order chi connectivity index (χ0) is 19.7. The summed E-state index contributed by atoms with van der Waals surface area (Å²) < 4.78 is 20.6. The molecule has 8 heteroatoms. The van der Waals surface area contributed by atoms with Gasteiger partial charge in [-0.3, -0.25) is 4.79 Å². The molecule has 0 unspecified atom stereocenters. The van der Waals surface area contributed by atoms with Crippen LogP contribution in [0.5, 0.6) is 5.75 Å². The highest BCUT2D eigenvalue weighted by Crippen LogP contribution is 2.19. The molecule has 2 heterocycles. The Hall–Kier alpha value is -3.03. The Morgan fingerprint density at radius 1 is 1.18 bits per heavy atom. The van der Waals surface area contributed by atoms with Crippen LogP contribution in [0.4, 0.5) is 4.39 Å². The van der Waals surface area contributed by atoms with Crippen molar-refractivity contribution >= 4 is 46.1 Å². The summed E-state index contributed by atoms with van der Waals surface area (Å²) in [6, 6.07) is 11.9. The lowest BCUT2D eigenvalue weighted by atomic mass is 10.2. The fraction of sp³-hybridized carbons (Fsp3) is 0.0500. The summed E-state index contributed by atoms with van der Waals surface area (Å²) in [5.41, 5.74) is 0.755. The smallest absolute Gasteiger partial charge is 0.291 e. The van der Waals surface area contributed by atoms with E-state index < -0.39 is 5.82 Å². The van der Waals surface area contributed by atoms with Gasteiger partial charge in [0.15, 0.2) is 5.82 Å². The first-order chi connectivity index (χ1) is 13.5. The largest absolute Gasteiger partial charge is 0.497 e. The molecule has 5 nitrogen and oxygen atoms in total. The van der Waals surface area contributed by atoms with E-state index in [2.05, 4.69) is 10.1 Å². The first kappa shape index (κ1) is 18.3. The molecule has 28 heavy (non-hydrogen) atoms. The Kier molecular flexibility index (Phi) is 4.93. The fourth-order valence-electron chi connectivity index (χ4n) is 2.58. The molecule has 0 fully saturated rings. The maximum atomic E-state index is 14.0. The van der Waals surface area contributed by atoms with Crippen LogP contribution < -0.4 is 14.8 Å². The highest BCUT2D eigenvalue weighted by Gasteiger charge is 2.11. The molecular formula is C20H13ClFN3O2S. The molecule has 140 valence electrons. The molecule has 0 aliphatic carbocycles. The average molecular weight is 414 g/mol. The summed E-state index contributed by atoms with van der Waals surface area (Å²) in [6.45, 7) is 0. The van der Waals surface area contributed by atoms with Gasteiger partial charge in [-0.25, -0.2) is 4.39 Å². The van der Waals surface area contributed by atoms with Gasteiger partial charge in [0.1, 0.15) is 11.6 Å². The Morgan fingerprint density at radius 2 is 1.96 bits per heavy atom. The fourth-order valence-corrected chi connectivity index (χ4v) is 3.70. The molecule has 0 amide bonds. The maximum Gasteiger partial charge on any atom is 0.291 e. The van der Waals surface area contributed by atoms with Gasteiger partial charge in [-0.15, -0.1) is 5.10 Å². The number of methoxy groups -OCH3 is 1. The number of aromatic nitrogens is 3. The third-order valence-corrected chi connectivity index (χ3v) is 5.30. The Bertz CT molecular complexity index is 1280. The second-order valence-electron chi connectivity index (χ2n) is 5.82. The number of rotatable bonds is 4. The van der Waals surface area contributed by atoms with Crippen molar-refractivity contribution in [2.75, 3.05) is 7.11 Å². The summed E-state index contributed by atoms with van der Waals surface area (Å²) in [6.07, 6.45) is 4.99. The summed E-state index contributed by atoms with van der Waals surface area (Å²) in [4.78, 5) is 17.3. The minimum Gasteiger partial charge on any atom is -0.497 e. The standard InChI is InChI=1S/C20H13ClFN3O2S/c1-27-13-8-5-12(6-9-13)7-10-18-23-20-25(24-18)19(26)17(28-20)11-14-15(21)3-2-4-16(14)22/h2-11H,1H3. The van der Waals surface area contributed by atoms with Crippen molar-refractivity contribution in [2.24, 2.45) is 0 Å². The molecule has 2 aromatic carbocycles. The molecule has 0 saturated carbocycles. The van der Waals surface area contributed by atoms with Crippen LogP contribution in [0.3, 0.4) is 0 Å². The molecule has 4 aromatic rings. The number of thiazole rings is 1. The van der Waals surface area contributed by atoms with E-state index in [0.717, 1.165) is 22.6 Å². The number of hydrogen-bond acceptors (Lipinski definition) is 5. The number of hydrogen-bond donors (Lipinski definition) is 0. The predicted molar refractivity (Wildman–Crippen MR) is 109 cm³/mol. The van der Waals surface area contributed by atoms with Crippen molar-refractivity contribution in [1.82, 2.24) is 14.6 Å². The third-order valence-electron chi connectivity index (χ3n) is 4.01. The van der Waals surface area contributed by atoms with Gasteiger partial charge in [0.05, 0.1) is 16.7 Å². The molecule has 2 aromatic heterocycles. The minimum absolute atomic E-state index is 0.172. The Balaban J connectivity index is 1.67. The molecule has 0 bridgehead atoms. The van der Waals surface area contributed by atoms with Gasteiger partial charge in [-0.1, -0.05) is 47.2 Å². The normalized spacial score (nSPS) is 12.3. The second-order valence-corrected chi connectivity index (χ2v) is 7.24. The molecule has 0 saturated heterocycles. The number of nitrogens with zero attached hydrogens (tertiary/aromatic N) is 3. The lowest BCUT2D eigenvalue weighted by Gasteiger charge is -1.98. The van der Waals surface area contributed by atoms with Crippen molar-refractivity contribution in [3.05, 3.63) is 85.1 Å². The van der Waals surface area contributed by atoms with Gasteiger partial charge >= 0.3 is 0 Å². The van der Waals surface area contributed by atoms with Crippen LogP contribution in [0.1, 0.15) is 17.0 Å². The van der Waals surface area contributed by atoms with Crippen LogP contribution in [-0.4, -0.2) is 21.7 Å². The molecule has 0 radical (unpaired) electrons. The third kappa shape index (κ3) is 3.54. The number of fused-ring (bicyclic) bond motifs is 1. The van der Waals surface area contributed by atoms with Crippen molar-refractivity contribution < 1.29 is 9.13 Å². The molecular weight excluding hydrogens is 401 g/mol. The van der Waals surface area contributed by atoms with Crippen molar-refractivity contribution in [1.29, 1.82) is 0 Å². The minimum atomic E-state index is -0.492. The maximum absolute atomic E-state index is 14.0. The van der Waals surface area contributed by atoms with E-state index in [4.69, 9.17) is 16.3 Å². The van der Waals surface area contributed by atoms with Gasteiger partial charge in [0.25, 0.3) is 5.56 Å². The van der Waals surface area contributed by atoms with Crippen LogP contribution in [0, 0.1) is 5.82 Å². The number of benzene rings is 2. The molecule has 4 rings (SSSR count). The molecule has 0 aliphatic heterocycles. The van der Waals surface area contributed by atoms with Crippen molar-refractivity contribution in [2.45, 2.75) is 0 Å². The van der Waals surface area contributed by atoms with Gasteiger partial charge < -0.3 is 4.74 Å². The Labute approximate surface area is 168 Å². The molecule has 0 N–H and O–H groups in total. The summed E-state index contributed by atoms with van der Waals surface area (Å²) >= 11 is 7.15. The van der Waals surface area contributed by atoms with E-state index in [1.165, 1.54) is 22.7 Å². The lowest BCUT2D eigenvalue weighted by Crippen LogP contribution is -2.23. The second kappa shape index (κ2) is 7.53. The summed E-state index contributed by atoms with van der Waals surface area (Å²) in [5.74, 6) is 0.691. The number of ether oxygens (including phenoxy) is 1.